The Balaban J connectivity index is 2.19. The highest BCUT2D eigenvalue weighted by Crippen LogP contribution is 2.17. The summed E-state index contributed by atoms with van der Waals surface area (Å²) in [6, 6.07) is 12.8. The minimum Gasteiger partial charge on any atom is -0.293 e. The number of nitro groups is 1. The van der Waals surface area contributed by atoms with Gasteiger partial charge in [0, 0.05) is 18.3 Å². The lowest BCUT2D eigenvalue weighted by Gasteiger charge is -2.03. The molecule has 0 amide bonds. The third kappa shape index (κ3) is 3.61. The minimum absolute atomic E-state index is 0.0591. The van der Waals surface area contributed by atoms with E-state index in [1.165, 1.54) is 36.5 Å². The van der Waals surface area contributed by atoms with Gasteiger partial charge in [-0.15, -0.1) is 0 Å². The van der Waals surface area contributed by atoms with Gasteiger partial charge in [0.15, 0.2) is 11.7 Å². The Labute approximate surface area is 126 Å². The van der Waals surface area contributed by atoms with Crippen LogP contribution >= 0.6 is 0 Å². The maximum absolute atomic E-state index is 12.1. The van der Waals surface area contributed by atoms with Gasteiger partial charge in [-0.2, -0.15) is 5.26 Å². The zero-order chi connectivity index (χ0) is 15.9. The predicted molar refractivity (Wildman–Crippen MR) is 79.7 cm³/mol. The number of nitrogens with zero attached hydrogens (tertiary/aromatic N) is 3. The van der Waals surface area contributed by atoms with E-state index in [0.29, 0.717) is 11.3 Å². The molecule has 0 aliphatic carbocycles. The molecule has 1 atom stereocenters. The van der Waals surface area contributed by atoms with Crippen molar-refractivity contribution in [2.45, 2.75) is 5.92 Å². The number of hydrogen-bond donors (Lipinski definition) is 0. The van der Waals surface area contributed by atoms with Gasteiger partial charge in [-0.1, -0.05) is 24.3 Å². The number of nitro benzene ring substituents is 1. The lowest BCUT2D eigenvalue weighted by Crippen LogP contribution is -2.09. The number of nitriles is 1. The van der Waals surface area contributed by atoms with Gasteiger partial charge in [0.05, 0.1) is 16.7 Å². The number of ketones is 1. The smallest absolute Gasteiger partial charge is 0.270 e. The molecule has 0 fully saturated rings. The Kier molecular flexibility index (Phi) is 4.73. The summed E-state index contributed by atoms with van der Waals surface area (Å²) in [4.78, 5) is 26.3. The summed E-state index contributed by atoms with van der Waals surface area (Å²) in [5.41, 5.74) is 0.829. The number of non-ortho nitro benzene ring substituents is 1. The highest BCUT2D eigenvalue weighted by atomic mass is 16.6. The summed E-state index contributed by atoms with van der Waals surface area (Å²) in [5.74, 6) is -1.41. The van der Waals surface area contributed by atoms with E-state index in [9.17, 15) is 14.9 Å². The minimum atomic E-state index is -0.990. The summed E-state index contributed by atoms with van der Waals surface area (Å²) >= 11 is 0. The molecule has 2 rings (SSSR count). The monoisotopic (exact) mass is 293 g/mol. The van der Waals surface area contributed by atoms with Crippen LogP contribution in [0.3, 0.4) is 0 Å². The molecule has 0 saturated heterocycles. The van der Waals surface area contributed by atoms with Crippen molar-refractivity contribution in [3.05, 3.63) is 76.1 Å². The van der Waals surface area contributed by atoms with Crippen LogP contribution in [-0.2, 0) is 4.79 Å². The normalized spacial score (nSPS) is 11.8. The van der Waals surface area contributed by atoms with E-state index in [0.717, 1.165) is 0 Å². The molecule has 0 N–H and O–H groups in total. The van der Waals surface area contributed by atoms with E-state index in [1.54, 1.807) is 24.3 Å². The largest absolute Gasteiger partial charge is 0.293 e. The summed E-state index contributed by atoms with van der Waals surface area (Å²) in [6.07, 6.45) is 4.20. The van der Waals surface area contributed by atoms with Crippen LogP contribution < -0.4 is 0 Å². The van der Waals surface area contributed by atoms with Gasteiger partial charge in [0.2, 0.25) is 0 Å². The van der Waals surface area contributed by atoms with Crippen molar-refractivity contribution in [3.63, 3.8) is 0 Å². The van der Waals surface area contributed by atoms with Crippen molar-refractivity contribution in [2.75, 3.05) is 0 Å². The molecule has 1 aromatic carbocycles. The molecule has 0 aliphatic rings. The fraction of sp³-hybridized carbons (Fsp3) is 0.0625. The molecular formula is C16H11N3O3. The van der Waals surface area contributed by atoms with Crippen molar-refractivity contribution in [1.82, 2.24) is 4.98 Å². The van der Waals surface area contributed by atoms with Crippen LogP contribution in [0.2, 0.25) is 0 Å². The van der Waals surface area contributed by atoms with Gasteiger partial charge in [-0.25, -0.2) is 0 Å². The number of carbonyl (C=O) groups is 1. The van der Waals surface area contributed by atoms with Crippen molar-refractivity contribution in [1.29, 1.82) is 5.26 Å². The first-order valence-electron chi connectivity index (χ1n) is 6.39. The standard InChI is InChI=1S/C16H11N3O3/c17-11-14(15-6-1-2-9-18-15)16(20)8-7-12-4-3-5-13(10-12)19(21)22/h1-10,14H/b8-7+. The molecule has 1 unspecified atom stereocenters. The van der Waals surface area contributed by atoms with Crippen molar-refractivity contribution < 1.29 is 9.72 Å². The van der Waals surface area contributed by atoms with Crippen molar-refractivity contribution >= 4 is 17.5 Å². The number of rotatable bonds is 5. The molecule has 0 radical (unpaired) electrons. The number of hydrogen-bond acceptors (Lipinski definition) is 5. The van der Waals surface area contributed by atoms with Gasteiger partial charge < -0.3 is 0 Å². The fourth-order valence-electron chi connectivity index (χ4n) is 1.84. The molecule has 1 heterocycles. The Morgan fingerprint density at radius 2 is 2.14 bits per heavy atom. The van der Waals surface area contributed by atoms with E-state index < -0.39 is 16.6 Å². The molecule has 0 saturated carbocycles. The molecule has 1 aromatic heterocycles. The molecular weight excluding hydrogens is 282 g/mol. The third-order valence-corrected chi connectivity index (χ3v) is 2.92. The van der Waals surface area contributed by atoms with E-state index >= 15 is 0 Å². The Bertz CT molecular complexity index is 764. The molecule has 108 valence electrons. The zero-order valence-corrected chi connectivity index (χ0v) is 11.4. The van der Waals surface area contributed by atoms with Crippen LogP contribution in [-0.4, -0.2) is 15.7 Å². The van der Waals surface area contributed by atoms with Gasteiger partial charge in [0.25, 0.3) is 5.69 Å². The lowest BCUT2D eigenvalue weighted by atomic mass is 10.00. The molecule has 2 aromatic rings. The second-order valence-corrected chi connectivity index (χ2v) is 4.40. The number of pyridine rings is 1. The van der Waals surface area contributed by atoms with Gasteiger partial charge >= 0.3 is 0 Å². The molecule has 0 spiro atoms. The van der Waals surface area contributed by atoms with Crippen LogP contribution in [0, 0.1) is 21.4 Å². The average molecular weight is 293 g/mol. The molecule has 0 aliphatic heterocycles. The molecule has 22 heavy (non-hydrogen) atoms. The molecule has 6 heteroatoms. The highest BCUT2D eigenvalue weighted by molar-refractivity contribution is 6.00. The van der Waals surface area contributed by atoms with Gasteiger partial charge in [-0.3, -0.25) is 19.9 Å². The van der Waals surface area contributed by atoms with Gasteiger partial charge in [-0.05, 0) is 23.8 Å². The molecule has 0 bridgehead atoms. The SMILES string of the molecule is N#CC(C(=O)/C=C/c1cccc([N+](=O)[O-])c1)c1ccccn1. The van der Waals surface area contributed by atoms with E-state index in [2.05, 4.69) is 4.98 Å². The molecule has 6 nitrogen and oxygen atoms in total. The van der Waals surface area contributed by atoms with Crippen molar-refractivity contribution in [3.8, 4) is 6.07 Å². The first-order valence-corrected chi connectivity index (χ1v) is 6.39. The van der Waals surface area contributed by atoms with E-state index in [4.69, 9.17) is 5.26 Å². The predicted octanol–water partition coefficient (Wildman–Crippen LogP) is 2.88. The number of carbonyl (C=O) groups excluding carboxylic acids is 1. The first kappa shape index (κ1) is 15.1. The fourth-order valence-corrected chi connectivity index (χ4v) is 1.84. The van der Waals surface area contributed by atoms with Crippen LogP contribution in [0.15, 0.2) is 54.7 Å². The quantitative estimate of drug-likeness (QED) is 0.479. The number of benzene rings is 1. The van der Waals surface area contributed by atoms with Crippen LogP contribution in [0.5, 0.6) is 0 Å². The van der Waals surface area contributed by atoms with E-state index in [-0.39, 0.29) is 5.69 Å². The highest BCUT2D eigenvalue weighted by Gasteiger charge is 2.18. The van der Waals surface area contributed by atoms with E-state index in [1.807, 2.05) is 6.07 Å². The lowest BCUT2D eigenvalue weighted by molar-refractivity contribution is -0.384. The Hall–Kier alpha value is -3.33. The third-order valence-electron chi connectivity index (χ3n) is 2.92. The summed E-state index contributed by atoms with van der Waals surface area (Å²) in [5, 5.41) is 19.8. The maximum atomic E-state index is 12.1. The van der Waals surface area contributed by atoms with Crippen LogP contribution in [0.1, 0.15) is 17.2 Å². The van der Waals surface area contributed by atoms with Gasteiger partial charge in [0.1, 0.15) is 0 Å². The summed E-state index contributed by atoms with van der Waals surface area (Å²) in [7, 11) is 0. The maximum Gasteiger partial charge on any atom is 0.270 e. The zero-order valence-electron chi connectivity index (χ0n) is 11.4. The summed E-state index contributed by atoms with van der Waals surface area (Å²) < 4.78 is 0. The Morgan fingerprint density at radius 3 is 2.77 bits per heavy atom. The average Bonchev–Trinajstić information content (AvgIpc) is 2.55. The number of aromatic nitrogens is 1. The first-order chi connectivity index (χ1) is 10.6. The van der Waals surface area contributed by atoms with Crippen LogP contribution in [0.4, 0.5) is 5.69 Å². The number of allylic oxidation sites excluding steroid dienone is 1. The van der Waals surface area contributed by atoms with Crippen molar-refractivity contribution in [2.24, 2.45) is 0 Å². The Morgan fingerprint density at radius 1 is 1.32 bits per heavy atom. The topological polar surface area (TPSA) is 96.9 Å². The van der Waals surface area contributed by atoms with Crippen LogP contribution in [0.25, 0.3) is 6.08 Å². The second kappa shape index (κ2) is 6.90. The second-order valence-electron chi connectivity index (χ2n) is 4.40. The summed E-state index contributed by atoms with van der Waals surface area (Å²) in [6.45, 7) is 0.